The third-order valence-electron chi connectivity index (χ3n) is 4.19. The van der Waals surface area contributed by atoms with Crippen molar-refractivity contribution in [1.82, 2.24) is 20.2 Å². The van der Waals surface area contributed by atoms with Crippen LogP contribution >= 0.6 is 23.2 Å². The minimum absolute atomic E-state index is 0.201. The Bertz CT molecular complexity index is 852. The van der Waals surface area contributed by atoms with Crippen molar-refractivity contribution in [2.45, 2.75) is 6.92 Å². The van der Waals surface area contributed by atoms with E-state index in [-0.39, 0.29) is 5.28 Å². The summed E-state index contributed by atoms with van der Waals surface area (Å²) in [7, 11) is 0. The number of fused-ring (bicyclic) bond motifs is 1. The molecule has 0 saturated carbocycles. The summed E-state index contributed by atoms with van der Waals surface area (Å²) in [5.41, 5.74) is 3.45. The van der Waals surface area contributed by atoms with Crippen LogP contribution in [0.5, 0.6) is 0 Å². The summed E-state index contributed by atoms with van der Waals surface area (Å²) in [5.74, 6) is 0. The molecule has 0 atom stereocenters. The maximum Gasteiger partial charge on any atom is 0.223 e. The molecule has 0 amide bonds. The summed E-state index contributed by atoms with van der Waals surface area (Å²) in [5, 5.41) is 5.03. The Morgan fingerprint density at radius 3 is 2.76 bits per heavy atom. The maximum absolute atomic E-state index is 6.11. The van der Waals surface area contributed by atoms with Gasteiger partial charge in [-0.1, -0.05) is 30.3 Å². The maximum atomic E-state index is 6.11. The number of allylic oxidation sites excluding steroid dienone is 5. The molecule has 1 aliphatic rings. The Kier molecular flexibility index (Phi) is 5.74. The molecule has 1 aromatic carbocycles. The van der Waals surface area contributed by atoms with E-state index in [0.29, 0.717) is 10.7 Å². The molecule has 25 heavy (non-hydrogen) atoms. The zero-order valence-electron chi connectivity index (χ0n) is 14.1. The quantitative estimate of drug-likeness (QED) is 0.639. The van der Waals surface area contributed by atoms with Crippen LogP contribution in [0.25, 0.3) is 16.5 Å². The molecular weight excluding hydrogens is 355 g/mol. The summed E-state index contributed by atoms with van der Waals surface area (Å²) in [4.78, 5) is 10.9. The van der Waals surface area contributed by atoms with Gasteiger partial charge in [0, 0.05) is 42.3 Å². The highest BCUT2D eigenvalue weighted by molar-refractivity contribution is 6.31. The van der Waals surface area contributed by atoms with E-state index < -0.39 is 0 Å². The van der Waals surface area contributed by atoms with Crippen molar-refractivity contribution < 1.29 is 0 Å². The van der Waals surface area contributed by atoms with Crippen LogP contribution < -0.4 is 5.32 Å². The minimum Gasteiger partial charge on any atom is -0.372 e. The van der Waals surface area contributed by atoms with E-state index in [1.54, 1.807) is 6.07 Å². The van der Waals surface area contributed by atoms with Crippen LogP contribution in [0.1, 0.15) is 12.6 Å². The minimum atomic E-state index is 0.201. The fourth-order valence-corrected chi connectivity index (χ4v) is 3.17. The van der Waals surface area contributed by atoms with Crippen molar-refractivity contribution in [2.24, 2.45) is 0 Å². The molecular formula is C19H20Cl2N4. The Morgan fingerprint density at radius 2 is 2.00 bits per heavy atom. The Morgan fingerprint density at radius 1 is 1.24 bits per heavy atom. The molecule has 0 radical (unpaired) electrons. The number of nitrogens with one attached hydrogen (secondary N) is 1. The van der Waals surface area contributed by atoms with Crippen LogP contribution in [0.4, 0.5) is 0 Å². The number of hydrogen-bond donors (Lipinski definition) is 1. The number of hydrogen-bond acceptors (Lipinski definition) is 4. The van der Waals surface area contributed by atoms with E-state index in [1.807, 2.05) is 24.3 Å². The van der Waals surface area contributed by atoms with Gasteiger partial charge in [0.05, 0.1) is 11.2 Å². The van der Waals surface area contributed by atoms with E-state index in [4.69, 9.17) is 23.2 Å². The van der Waals surface area contributed by atoms with Gasteiger partial charge in [0.25, 0.3) is 0 Å². The average Bonchev–Trinajstić information content (AvgIpc) is 2.62. The van der Waals surface area contributed by atoms with Crippen molar-refractivity contribution in [1.29, 1.82) is 0 Å². The first kappa shape index (κ1) is 17.9. The first-order valence-electron chi connectivity index (χ1n) is 8.17. The molecule has 0 unspecified atom stereocenters. The Hall–Kier alpha value is -1.88. The van der Waals surface area contributed by atoms with E-state index >= 15 is 0 Å². The van der Waals surface area contributed by atoms with Crippen molar-refractivity contribution in [3.8, 4) is 0 Å². The molecule has 1 N–H and O–H groups in total. The van der Waals surface area contributed by atoms with Gasteiger partial charge in [-0.05, 0) is 48.4 Å². The van der Waals surface area contributed by atoms with E-state index in [0.717, 1.165) is 42.7 Å². The number of piperazine rings is 1. The van der Waals surface area contributed by atoms with E-state index in [2.05, 4.69) is 39.8 Å². The predicted octanol–water partition coefficient (Wildman–Crippen LogP) is 4.32. The number of benzene rings is 1. The molecule has 0 aliphatic carbocycles. The van der Waals surface area contributed by atoms with E-state index in [9.17, 15) is 0 Å². The summed E-state index contributed by atoms with van der Waals surface area (Å²) in [6.45, 7) is 10.3. The van der Waals surface area contributed by atoms with Gasteiger partial charge in [0.15, 0.2) is 0 Å². The molecule has 0 bridgehead atoms. The lowest BCUT2D eigenvalue weighted by atomic mass is 10.1. The normalized spacial score (nSPS) is 16.0. The van der Waals surface area contributed by atoms with Crippen molar-refractivity contribution in [3.05, 3.63) is 64.7 Å². The molecule has 1 fully saturated rings. The second-order valence-corrected chi connectivity index (χ2v) is 6.71. The fourth-order valence-electron chi connectivity index (χ4n) is 2.82. The third-order valence-corrected chi connectivity index (χ3v) is 4.59. The predicted molar refractivity (Wildman–Crippen MR) is 106 cm³/mol. The number of nitrogens with zero attached hydrogens (tertiary/aromatic N) is 3. The van der Waals surface area contributed by atoms with Gasteiger partial charge in [-0.25, -0.2) is 9.97 Å². The second-order valence-electron chi connectivity index (χ2n) is 5.93. The van der Waals surface area contributed by atoms with Gasteiger partial charge >= 0.3 is 0 Å². The van der Waals surface area contributed by atoms with Gasteiger partial charge in [-0.2, -0.15) is 0 Å². The first-order chi connectivity index (χ1) is 12.0. The number of aromatic nitrogens is 2. The highest BCUT2D eigenvalue weighted by atomic mass is 35.5. The van der Waals surface area contributed by atoms with Gasteiger partial charge in [0.2, 0.25) is 5.28 Å². The molecule has 130 valence electrons. The van der Waals surface area contributed by atoms with Gasteiger partial charge in [0.1, 0.15) is 0 Å². The topological polar surface area (TPSA) is 41.0 Å². The SMILES string of the molecule is C=C(/C=C\C=C(/C)N1CCNCC1)c1nc(Cl)nc2ccc(Cl)cc12. The lowest BCUT2D eigenvalue weighted by Crippen LogP contribution is -2.42. The van der Waals surface area contributed by atoms with Crippen molar-refractivity contribution in [2.75, 3.05) is 26.2 Å². The molecule has 4 nitrogen and oxygen atoms in total. The fraction of sp³-hybridized carbons (Fsp3) is 0.263. The molecule has 3 rings (SSSR count). The second kappa shape index (κ2) is 8.00. The lowest BCUT2D eigenvalue weighted by molar-refractivity contribution is 0.300. The van der Waals surface area contributed by atoms with Gasteiger partial charge in [-0.3, -0.25) is 0 Å². The van der Waals surface area contributed by atoms with Crippen LogP contribution in [-0.2, 0) is 0 Å². The molecule has 0 spiro atoms. The van der Waals surface area contributed by atoms with Crippen LogP contribution in [-0.4, -0.2) is 41.0 Å². The highest BCUT2D eigenvalue weighted by Crippen LogP contribution is 2.26. The summed E-state index contributed by atoms with van der Waals surface area (Å²) >= 11 is 12.2. The van der Waals surface area contributed by atoms with Crippen LogP contribution in [0.3, 0.4) is 0 Å². The molecule has 2 heterocycles. The standard InChI is InChI=1S/C19H20Cl2N4/c1-13(4-3-5-14(2)25-10-8-22-9-11-25)18-16-12-15(20)6-7-17(16)23-19(21)24-18/h3-7,12,22H,1,8-11H2,2H3/b4-3-,14-5+. The monoisotopic (exact) mass is 374 g/mol. The summed E-state index contributed by atoms with van der Waals surface area (Å²) in [6.07, 6.45) is 6.02. The summed E-state index contributed by atoms with van der Waals surface area (Å²) in [6, 6.07) is 5.46. The van der Waals surface area contributed by atoms with Crippen LogP contribution in [0.15, 0.2) is 48.7 Å². The largest absolute Gasteiger partial charge is 0.372 e. The molecule has 6 heteroatoms. The van der Waals surface area contributed by atoms with Crippen molar-refractivity contribution >= 4 is 39.7 Å². The first-order valence-corrected chi connectivity index (χ1v) is 8.93. The molecule has 1 aliphatic heterocycles. The van der Waals surface area contributed by atoms with Gasteiger partial charge < -0.3 is 10.2 Å². The van der Waals surface area contributed by atoms with Crippen molar-refractivity contribution in [3.63, 3.8) is 0 Å². The third kappa shape index (κ3) is 4.40. The zero-order valence-corrected chi connectivity index (χ0v) is 15.6. The van der Waals surface area contributed by atoms with Crippen LogP contribution in [0, 0.1) is 0 Å². The van der Waals surface area contributed by atoms with Crippen LogP contribution in [0.2, 0.25) is 10.3 Å². The Balaban J connectivity index is 1.83. The lowest BCUT2D eigenvalue weighted by Gasteiger charge is -2.29. The molecule has 2 aromatic rings. The van der Waals surface area contributed by atoms with E-state index in [1.165, 1.54) is 5.70 Å². The summed E-state index contributed by atoms with van der Waals surface area (Å²) < 4.78 is 0. The number of rotatable bonds is 4. The number of halogens is 2. The average molecular weight is 375 g/mol. The zero-order chi connectivity index (χ0) is 17.8. The van der Waals surface area contributed by atoms with Gasteiger partial charge in [-0.15, -0.1) is 0 Å². The highest BCUT2D eigenvalue weighted by Gasteiger charge is 2.10. The Labute approximate surface area is 157 Å². The molecule has 1 saturated heterocycles. The molecule has 1 aromatic heterocycles. The smallest absolute Gasteiger partial charge is 0.223 e.